The van der Waals surface area contributed by atoms with Gasteiger partial charge in [0.25, 0.3) is 0 Å². The van der Waals surface area contributed by atoms with Gasteiger partial charge >= 0.3 is 12.0 Å². The van der Waals surface area contributed by atoms with Gasteiger partial charge in [0.15, 0.2) is 5.84 Å². The summed E-state index contributed by atoms with van der Waals surface area (Å²) in [5.41, 5.74) is 0.309. The van der Waals surface area contributed by atoms with Crippen LogP contribution in [0.25, 0.3) is 0 Å². The first-order valence-corrected chi connectivity index (χ1v) is 4.64. The molecule has 1 rings (SSSR count). The lowest BCUT2D eigenvalue weighted by Gasteiger charge is -2.12. The Morgan fingerprint density at radius 3 is 2.94 bits per heavy atom. The molecule has 0 atom stereocenters. The summed E-state index contributed by atoms with van der Waals surface area (Å²) in [4.78, 5) is 23.6. The zero-order valence-corrected chi connectivity index (χ0v) is 8.89. The van der Waals surface area contributed by atoms with Crippen molar-refractivity contribution in [2.24, 2.45) is 5.16 Å². The zero-order valence-electron chi connectivity index (χ0n) is 8.89. The van der Waals surface area contributed by atoms with E-state index in [1.807, 2.05) is 0 Å². The van der Waals surface area contributed by atoms with Crippen molar-refractivity contribution >= 4 is 17.8 Å². The molecule has 2 N–H and O–H groups in total. The maximum atomic E-state index is 11.2. The summed E-state index contributed by atoms with van der Waals surface area (Å²) >= 11 is 0. The van der Waals surface area contributed by atoms with Crippen LogP contribution < -0.4 is 5.32 Å². The Morgan fingerprint density at radius 2 is 2.44 bits per heavy atom. The Morgan fingerprint density at radius 1 is 1.75 bits per heavy atom. The number of ether oxygens (including phenoxy) is 1. The molecule has 16 heavy (non-hydrogen) atoms. The van der Waals surface area contributed by atoms with Gasteiger partial charge in [-0.3, -0.25) is 5.32 Å². The number of hydrogen-bond donors (Lipinski definition) is 2. The predicted octanol–water partition coefficient (Wildman–Crippen LogP) is -0.0814. The lowest BCUT2D eigenvalue weighted by molar-refractivity contribution is -0.139. The lowest BCUT2D eigenvalue weighted by atomic mass is 10.4. The number of urea groups is 1. The van der Waals surface area contributed by atoms with Gasteiger partial charge < -0.3 is 14.8 Å². The highest BCUT2D eigenvalue weighted by atomic mass is 16.5. The standard InChI is InChI=1S/C9H13N3O4/c1-6(2)8(13)16-4-3-12-5-7(11-15)10-9(12)14/h15H,1,3-5H2,2H3,(H,10,11,14). The molecule has 1 aliphatic heterocycles. The van der Waals surface area contributed by atoms with Crippen molar-refractivity contribution in [3.8, 4) is 0 Å². The normalized spacial score (nSPS) is 17.4. The molecule has 0 radical (unpaired) electrons. The van der Waals surface area contributed by atoms with Crippen LogP contribution in [0, 0.1) is 0 Å². The number of amides is 2. The van der Waals surface area contributed by atoms with Crippen LogP contribution in [0.2, 0.25) is 0 Å². The Labute approximate surface area is 92.4 Å². The van der Waals surface area contributed by atoms with Gasteiger partial charge in [0.1, 0.15) is 6.61 Å². The third-order valence-electron chi connectivity index (χ3n) is 1.94. The van der Waals surface area contributed by atoms with Crippen molar-refractivity contribution in [3.63, 3.8) is 0 Å². The summed E-state index contributed by atoms with van der Waals surface area (Å²) in [5.74, 6) is -0.313. The Bertz CT molecular complexity index is 351. The first kappa shape index (κ1) is 12.0. The van der Waals surface area contributed by atoms with Gasteiger partial charge in [-0.2, -0.15) is 0 Å². The molecule has 0 aromatic rings. The molecule has 1 heterocycles. The summed E-state index contributed by atoms with van der Waals surface area (Å²) in [5, 5.41) is 13.7. The number of rotatable bonds is 4. The van der Waals surface area contributed by atoms with Crippen LogP contribution in [0.1, 0.15) is 6.92 Å². The van der Waals surface area contributed by atoms with Crippen LogP contribution >= 0.6 is 0 Å². The van der Waals surface area contributed by atoms with Crippen molar-refractivity contribution in [2.75, 3.05) is 19.7 Å². The molecule has 0 aromatic heterocycles. The molecule has 2 amide bonds. The van der Waals surface area contributed by atoms with Gasteiger partial charge in [0.2, 0.25) is 0 Å². The Balaban J connectivity index is 2.32. The molecule has 1 saturated heterocycles. The minimum absolute atomic E-state index is 0.0812. The molecule has 1 aliphatic rings. The number of amidine groups is 1. The molecule has 0 aromatic carbocycles. The molecule has 0 unspecified atom stereocenters. The van der Waals surface area contributed by atoms with E-state index in [0.717, 1.165) is 0 Å². The van der Waals surface area contributed by atoms with Crippen LogP contribution in [-0.2, 0) is 9.53 Å². The first-order chi connectivity index (χ1) is 7.54. The minimum Gasteiger partial charge on any atom is -0.460 e. The third-order valence-corrected chi connectivity index (χ3v) is 1.94. The molecule has 7 nitrogen and oxygen atoms in total. The maximum absolute atomic E-state index is 11.2. The number of carbonyl (C=O) groups is 2. The monoisotopic (exact) mass is 227 g/mol. The van der Waals surface area contributed by atoms with E-state index >= 15 is 0 Å². The van der Waals surface area contributed by atoms with E-state index in [2.05, 4.69) is 17.1 Å². The average molecular weight is 227 g/mol. The summed E-state index contributed by atoms with van der Waals surface area (Å²) in [6.07, 6.45) is 0. The predicted molar refractivity (Wildman–Crippen MR) is 55.1 cm³/mol. The van der Waals surface area contributed by atoms with Crippen LogP contribution in [0.3, 0.4) is 0 Å². The van der Waals surface area contributed by atoms with E-state index in [1.54, 1.807) is 6.92 Å². The quantitative estimate of drug-likeness (QED) is 0.304. The number of nitrogens with zero attached hydrogens (tertiary/aromatic N) is 2. The second-order valence-corrected chi connectivity index (χ2v) is 3.31. The van der Waals surface area contributed by atoms with E-state index in [9.17, 15) is 9.59 Å². The summed E-state index contributed by atoms with van der Waals surface area (Å²) < 4.78 is 4.82. The highest BCUT2D eigenvalue weighted by Crippen LogP contribution is 1.99. The second kappa shape index (κ2) is 5.15. The van der Waals surface area contributed by atoms with Crippen molar-refractivity contribution in [1.29, 1.82) is 0 Å². The average Bonchev–Trinajstić information content (AvgIpc) is 2.59. The van der Waals surface area contributed by atoms with E-state index in [0.29, 0.717) is 5.57 Å². The van der Waals surface area contributed by atoms with Crippen molar-refractivity contribution in [3.05, 3.63) is 12.2 Å². The molecule has 88 valence electrons. The van der Waals surface area contributed by atoms with Gasteiger partial charge in [-0.25, -0.2) is 9.59 Å². The fraction of sp³-hybridized carbons (Fsp3) is 0.444. The van der Waals surface area contributed by atoms with Crippen LogP contribution in [0.5, 0.6) is 0 Å². The highest BCUT2D eigenvalue weighted by molar-refractivity contribution is 6.04. The largest absolute Gasteiger partial charge is 0.460 e. The molecule has 0 bridgehead atoms. The zero-order chi connectivity index (χ0) is 12.1. The van der Waals surface area contributed by atoms with Crippen LogP contribution in [0.15, 0.2) is 17.3 Å². The topological polar surface area (TPSA) is 91.2 Å². The Kier molecular flexibility index (Phi) is 3.87. The van der Waals surface area contributed by atoms with Crippen molar-refractivity contribution < 1.29 is 19.5 Å². The fourth-order valence-electron chi connectivity index (χ4n) is 1.10. The van der Waals surface area contributed by atoms with Gasteiger partial charge in [0.05, 0.1) is 13.1 Å². The number of hydrogen-bond acceptors (Lipinski definition) is 5. The Hall–Kier alpha value is -2.05. The molecule has 0 spiro atoms. The van der Waals surface area contributed by atoms with Crippen LogP contribution in [0.4, 0.5) is 4.79 Å². The van der Waals surface area contributed by atoms with Gasteiger partial charge in [0, 0.05) is 5.57 Å². The van der Waals surface area contributed by atoms with Gasteiger partial charge in [-0.15, -0.1) is 0 Å². The van der Waals surface area contributed by atoms with Crippen LogP contribution in [-0.4, -0.2) is 47.6 Å². The van der Waals surface area contributed by atoms with Gasteiger partial charge in [-0.1, -0.05) is 11.7 Å². The third kappa shape index (κ3) is 2.97. The lowest BCUT2D eigenvalue weighted by Crippen LogP contribution is -2.31. The smallest absolute Gasteiger partial charge is 0.333 e. The SMILES string of the molecule is C=C(C)C(=O)OCCN1CC(=NO)NC1=O. The highest BCUT2D eigenvalue weighted by Gasteiger charge is 2.25. The number of esters is 1. The van der Waals surface area contributed by atoms with E-state index in [4.69, 9.17) is 9.94 Å². The molecular weight excluding hydrogens is 214 g/mol. The second-order valence-electron chi connectivity index (χ2n) is 3.31. The molecule has 0 saturated carbocycles. The van der Waals surface area contributed by atoms with Crippen molar-refractivity contribution in [1.82, 2.24) is 10.2 Å². The maximum Gasteiger partial charge on any atom is 0.333 e. The minimum atomic E-state index is -0.490. The number of carbonyl (C=O) groups excluding carboxylic acids is 2. The summed E-state index contributed by atoms with van der Waals surface area (Å²) in [6.45, 7) is 5.47. The molecule has 0 aliphatic carbocycles. The van der Waals surface area contributed by atoms with Crippen molar-refractivity contribution in [2.45, 2.75) is 6.92 Å². The summed E-state index contributed by atoms with van der Waals surface area (Å²) in [6, 6.07) is -0.376. The van der Waals surface area contributed by atoms with E-state index < -0.39 is 5.97 Å². The molecule has 1 fully saturated rings. The first-order valence-electron chi connectivity index (χ1n) is 4.64. The fourth-order valence-corrected chi connectivity index (χ4v) is 1.10. The van der Waals surface area contributed by atoms with Gasteiger partial charge in [-0.05, 0) is 6.92 Å². The molecule has 7 heteroatoms. The van der Waals surface area contributed by atoms with E-state index in [1.165, 1.54) is 4.90 Å². The molecular formula is C9H13N3O4. The number of oxime groups is 1. The number of nitrogens with one attached hydrogen (secondary N) is 1. The summed E-state index contributed by atoms with van der Waals surface area (Å²) in [7, 11) is 0. The van der Waals surface area contributed by atoms with E-state index in [-0.39, 0.29) is 31.6 Å².